The zero-order chi connectivity index (χ0) is 21.8. The molecule has 7 heteroatoms. The maximum Gasteiger partial charge on any atom is 0.298 e. The Morgan fingerprint density at radius 1 is 1.16 bits per heavy atom. The maximum atomic E-state index is 13.3. The van der Waals surface area contributed by atoms with Crippen LogP contribution in [0, 0.1) is 5.92 Å². The van der Waals surface area contributed by atoms with E-state index in [9.17, 15) is 9.59 Å². The highest BCUT2D eigenvalue weighted by atomic mass is 16.5. The molecule has 0 aliphatic carbocycles. The van der Waals surface area contributed by atoms with Crippen molar-refractivity contribution in [1.82, 2.24) is 5.01 Å². The van der Waals surface area contributed by atoms with Crippen LogP contribution < -0.4 is 15.4 Å². The molecule has 2 aliphatic rings. The van der Waals surface area contributed by atoms with Crippen molar-refractivity contribution in [3.05, 3.63) is 65.7 Å². The molecular weight excluding hydrogens is 392 g/mol. The number of methoxy groups -OCH3 is 1. The number of nitrogens with zero attached hydrogens (tertiary/aromatic N) is 2. The van der Waals surface area contributed by atoms with Gasteiger partial charge in [-0.1, -0.05) is 42.5 Å². The SMILES string of the molecule is COc1ccc([C@@H]2CC(c3ccccc3)=NN2C(=O)C[NH+]2CCC[C@H](C(N)=O)C2)cc1. The fraction of sp³-hybridized carbons (Fsp3) is 0.375. The second-order valence-electron chi connectivity index (χ2n) is 8.27. The number of piperidine rings is 1. The number of carbonyl (C=O) groups excluding carboxylic acids is 2. The third-order valence-corrected chi connectivity index (χ3v) is 6.20. The molecule has 0 bridgehead atoms. The Kier molecular flexibility index (Phi) is 6.32. The van der Waals surface area contributed by atoms with Gasteiger partial charge in [0.1, 0.15) is 5.75 Å². The van der Waals surface area contributed by atoms with Gasteiger partial charge < -0.3 is 15.4 Å². The number of primary amides is 1. The molecule has 2 aromatic rings. The van der Waals surface area contributed by atoms with E-state index in [4.69, 9.17) is 15.6 Å². The number of quaternary nitrogens is 1. The summed E-state index contributed by atoms with van der Waals surface area (Å²) in [6, 6.07) is 17.6. The number of benzene rings is 2. The van der Waals surface area contributed by atoms with Crippen LogP contribution in [-0.2, 0) is 9.59 Å². The van der Waals surface area contributed by atoms with Crippen molar-refractivity contribution >= 4 is 17.5 Å². The van der Waals surface area contributed by atoms with Gasteiger partial charge in [-0.05, 0) is 36.1 Å². The van der Waals surface area contributed by atoms with Crippen molar-refractivity contribution < 1.29 is 19.2 Å². The number of hydrazone groups is 1. The predicted molar refractivity (Wildman–Crippen MR) is 118 cm³/mol. The summed E-state index contributed by atoms with van der Waals surface area (Å²) in [6.07, 6.45) is 2.36. The van der Waals surface area contributed by atoms with Gasteiger partial charge in [0.05, 0.1) is 37.9 Å². The molecule has 0 saturated carbocycles. The summed E-state index contributed by atoms with van der Waals surface area (Å²) < 4.78 is 5.28. The second-order valence-corrected chi connectivity index (χ2v) is 8.27. The smallest absolute Gasteiger partial charge is 0.298 e. The van der Waals surface area contributed by atoms with E-state index in [1.807, 2.05) is 54.6 Å². The average Bonchev–Trinajstić information content (AvgIpc) is 3.25. The van der Waals surface area contributed by atoms with E-state index in [0.29, 0.717) is 19.5 Å². The second kappa shape index (κ2) is 9.31. The molecule has 0 spiro atoms. The van der Waals surface area contributed by atoms with Gasteiger partial charge in [-0.3, -0.25) is 9.59 Å². The van der Waals surface area contributed by atoms with Crippen LogP contribution >= 0.6 is 0 Å². The van der Waals surface area contributed by atoms with Crippen molar-refractivity contribution in [1.29, 1.82) is 0 Å². The van der Waals surface area contributed by atoms with Gasteiger partial charge in [-0.15, -0.1) is 0 Å². The van der Waals surface area contributed by atoms with Gasteiger partial charge >= 0.3 is 0 Å². The van der Waals surface area contributed by atoms with Gasteiger partial charge in [0.2, 0.25) is 5.91 Å². The lowest BCUT2D eigenvalue weighted by molar-refractivity contribution is -0.899. The Bertz CT molecular complexity index is 959. The first-order valence-electron chi connectivity index (χ1n) is 10.8. The van der Waals surface area contributed by atoms with Crippen molar-refractivity contribution in [3.8, 4) is 5.75 Å². The van der Waals surface area contributed by atoms with E-state index in [1.54, 1.807) is 12.1 Å². The molecule has 0 radical (unpaired) electrons. The maximum absolute atomic E-state index is 13.3. The number of carbonyl (C=O) groups is 2. The molecule has 2 amide bonds. The number of rotatable bonds is 6. The number of ether oxygens (including phenoxy) is 1. The number of likely N-dealkylation sites (tertiary alicyclic amines) is 1. The largest absolute Gasteiger partial charge is 0.497 e. The van der Waals surface area contributed by atoms with E-state index < -0.39 is 0 Å². The molecule has 1 unspecified atom stereocenters. The van der Waals surface area contributed by atoms with Crippen LogP contribution in [0.25, 0.3) is 0 Å². The highest BCUT2D eigenvalue weighted by molar-refractivity contribution is 6.03. The Morgan fingerprint density at radius 3 is 2.58 bits per heavy atom. The molecule has 1 fully saturated rings. The van der Waals surface area contributed by atoms with E-state index in [0.717, 1.165) is 46.9 Å². The summed E-state index contributed by atoms with van der Waals surface area (Å²) in [5.41, 5.74) is 8.45. The highest BCUT2D eigenvalue weighted by Crippen LogP contribution is 2.33. The predicted octanol–water partition coefficient (Wildman–Crippen LogP) is 1.15. The van der Waals surface area contributed by atoms with Crippen molar-refractivity contribution in [2.45, 2.75) is 25.3 Å². The highest BCUT2D eigenvalue weighted by Gasteiger charge is 2.36. The van der Waals surface area contributed by atoms with Crippen LogP contribution in [0.5, 0.6) is 5.75 Å². The number of nitrogens with two attached hydrogens (primary N) is 1. The molecule has 1 saturated heterocycles. The number of amides is 2. The van der Waals surface area contributed by atoms with Crippen LogP contribution in [0.2, 0.25) is 0 Å². The van der Waals surface area contributed by atoms with Crippen molar-refractivity contribution in [2.24, 2.45) is 16.8 Å². The molecule has 0 aromatic heterocycles. The minimum atomic E-state index is -0.272. The van der Waals surface area contributed by atoms with E-state index in [1.165, 1.54) is 0 Å². The molecule has 3 atom stereocenters. The summed E-state index contributed by atoms with van der Waals surface area (Å²) in [5, 5.41) is 6.37. The van der Waals surface area contributed by atoms with E-state index >= 15 is 0 Å². The summed E-state index contributed by atoms with van der Waals surface area (Å²) in [6.45, 7) is 1.78. The van der Waals surface area contributed by atoms with E-state index in [-0.39, 0.29) is 23.8 Å². The zero-order valence-electron chi connectivity index (χ0n) is 17.8. The van der Waals surface area contributed by atoms with Gasteiger partial charge in [0.15, 0.2) is 6.54 Å². The minimum Gasteiger partial charge on any atom is -0.497 e. The molecule has 2 aliphatic heterocycles. The Hall–Kier alpha value is -3.19. The first kappa shape index (κ1) is 21.1. The number of hydrogen-bond donors (Lipinski definition) is 2. The van der Waals surface area contributed by atoms with Crippen molar-refractivity contribution in [2.75, 3.05) is 26.7 Å². The van der Waals surface area contributed by atoms with Gasteiger partial charge in [0.25, 0.3) is 5.91 Å². The fourth-order valence-electron chi connectivity index (χ4n) is 4.48. The zero-order valence-corrected chi connectivity index (χ0v) is 17.8. The summed E-state index contributed by atoms with van der Waals surface area (Å²) in [4.78, 5) is 26.0. The lowest BCUT2D eigenvalue weighted by Gasteiger charge is -2.29. The topological polar surface area (TPSA) is 89.4 Å². The molecule has 4 rings (SSSR count). The monoisotopic (exact) mass is 421 g/mol. The average molecular weight is 422 g/mol. The summed E-state index contributed by atoms with van der Waals surface area (Å²) in [7, 11) is 1.64. The van der Waals surface area contributed by atoms with Gasteiger partial charge in [0, 0.05) is 6.42 Å². The molecule has 31 heavy (non-hydrogen) atoms. The summed E-state index contributed by atoms with van der Waals surface area (Å²) >= 11 is 0. The van der Waals surface area contributed by atoms with Crippen LogP contribution in [0.15, 0.2) is 59.7 Å². The lowest BCUT2D eigenvalue weighted by atomic mass is 9.97. The first-order valence-corrected chi connectivity index (χ1v) is 10.8. The first-order chi connectivity index (χ1) is 15.0. The number of hydrogen-bond acceptors (Lipinski definition) is 4. The molecule has 162 valence electrons. The van der Waals surface area contributed by atoms with Crippen molar-refractivity contribution in [3.63, 3.8) is 0 Å². The Labute approximate surface area is 182 Å². The molecule has 3 N–H and O–H groups in total. The van der Waals surface area contributed by atoms with Gasteiger partial charge in [-0.2, -0.15) is 5.10 Å². The van der Waals surface area contributed by atoms with E-state index in [2.05, 4.69) is 0 Å². The molecule has 2 heterocycles. The fourth-order valence-corrected chi connectivity index (χ4v) is 4.48. The van der Waals surface area contributed by atoms with Crippen LogP contribution in [-0.4, -0.2) is 49.3 Å². The van der Waals surface area contributed by atoms with Crippen LogP contribution in [0.3, 0.4) is 0 Å². The third kappa shape index (κ3) is 4.77. The third-order valence-electron chi connectivity index (χ3n) is 6.20. The minimum absolute atomic E-state index is 0.0353. The Morgan fingerprint density at radius 2 is 1.90 bits per heavy atom. The van der Waals surface area contributed by atoms with Gasteiger partial charge in [-0.25, -0.2) is 5.01 Å². The lowest BCUT2D eigenvalue weighted by Crippen LogP contribution is -3.14. The molecule has 2 aromatic carbocycles. The molecule has 7 nitrogen and oxygen atoms in total. The quantitative estimate of drug-likeness (QED) is 0.733. The Balaban J connectivity index is 1.56. The van der Waals surface area contributed by atoms with Crippen LogP contribution in [0.4, 0.5) is 0 Å². The van der Waals surface area contributed by atoms with Crippen LogP contribution in [0.1, 0.15) is 36.4 Å². The number of nitrogens with one attached hydrogen (secondary N) is 1. The standard InChI is InChI=1S/C24H28N4O3/c1-31-20-11-9-18(10-12-20)22-14-21(17-6-3-2-4-7-17)26-28(22)23(29)16-27-13-5-8-19(15-27)24(25)30/h2-4,6-7,9-12,19,22H,5,8,13-16H2,1H3,(H2,25,30)/p+1/t19-,22-/m0/s1. The molecular formula is C24H29N4O3+. The normalized spacial score (nSPS) is 23.3. The summed E-state index contributed by atoms with van der Waals surface area (Å²) in [5.74, 6) is 0.313.